The Morgan fingerprint density at radius 3 is 2.37 bits per heavy atom. The van der Waals surface area contributed by atoms with Gasteiger partial charge in [-0.1, -0.05) is 0 Å². The predicted octanol–water partition coefficient (Wildman–Crippen LogP) is 0.553. The molecule has 1 aromatic carbocycles. The summed E-state index contributed by atoms with van der Waals surface area (Å²) in [5, 5.41) is 11.6. The highest BCUT2D eigenvalue weighted by molar-refractivity contribution is 7.89. The summed E-state index contributed by atoms with van der Waals surface area (Å²) in [6.45, 7) is 2.94. The third-order valence-corrected chi connectivity index (χ3v) is 6.47. The third kappa shape index (κ3) is 5.52. The van der Waals surface area contributed by atoms with Crippen LogP contribution in [0.3, 0.4) is 0 Å². The van der Waals surface area contributed by atoms with Crippen molar-refractivity contribution in [2.75, 3.05) is 33.2 Å². The molecule has 8 nitrogen and oxygen atoms in total. The van der Waals surface area contributed by atoms with Crippen molar-refractivity contribution in [3.05, 3.63) is 29.8 Å². The minimum Gasteiger partial charge on any atom is -0.356 e. The van der Waals surface area contributed by atoms with Crippen molar-refractivity contribution in [1.82, 2.24) is 14.5 Å². The third-order valence-electron chi connectivity index (χ3n) is 4.66. The maximum Gasteiger partial charge on any atom is 0.243 e. The van der Waals surface area contributed by atoms with E-state index in [2.05, 4.69) is 5.32 Å². The van der Waals surface area contributed by atoms with Gasteiger partial charge in [-0.15, -0.1) is 0 Å². The number of likely N-dealkylation sites (tertiary alicyclic amines) is 1. The molecule has 0 spiro atoms. The van der Waals surface area contributed by atoms with Gasteiger partial charge in [0.2, 0.25) is 21.8 Å². The van der Waals surface area contributed by atoms with Gasteiger partial charge in [-0.3, -0.25) is 9.59 Å². The Bertz CT molecular complexity index is 822. The van der Waals surface area contributed by atoms with Crippen molar-refractivity contribution in [3.8, 4) is 6.07 Å². The van der Waals surface area contributed by atoms with Crippen molar-refractivity contribution in [2.45, 2.75) is 24.7 Å². The highest BCUT2D eigenvalue weighted by atomic mass is 32.2. The highest BCUT2D eigenvalue weighted by Gasteiger charge is 2.27. The van der Waals surface area contributed by atoms with Gasteiger partial charge >= 0.3 is 0 Å². The summed E-state index contributed by atoms with van der Waals surface area (Å²) in [6.07, 6.45) is 1.55. The van der Waals surface area contributed by atoms with E-state index in [1.54, 1.807) is 4.90 Å². The first-order chi connectivity index (χ1) is 12.7. The maximum atomic E-state index is 12.6. The highest BCUT2D eigenvalue weighted by Crippen LogP contribution is 2.18. The van der Waals surface area contributed by atoms with Crippen molar-refractivity contribution in [1.29, 1.82) is 5.26 Å². The van der Waals surface area contributed by atoms with E-state index in [9.17, 15) is 18.0 Å². The number of benzene rings is 1. The SMILES string of the molecule is CC(=O)NCC1CCN(C(=O)CN(C)S(=O)(=O)c2ccc(C#N)cc2)CC1. The van der Waals surface area contributed by atoms with Crippen LogP contribution in [-0.4, -0.2) is 62.7 Å². The summed E-state index contributed by atoms with van der Waals surface area (Å²) in [6, 6.07) is 7.53. The molecule has 0 aromatic heterocycles. The van der Waals surface area contributed by atoms with Crippen molar-refractivity contribution in [3.63, 3.8) is 0 Å². The summed E-state index contributed by atoms with van der Waals surface area (Å²) in [7, 11) is -2.43. The van der Waals surface area contributed by atoms with E-state index in [1.165, 1.54) is 38.2 Å². The van der Waals surface area contributed by atoms with Gasteiger partial charge in [0.15, 0.2) is 0 Å². The predicted molar refractivity (Wildman–Crippen MR) is 99.0 cm³/mol. The molecule has 1 saturated heterocycles. The number of nitrogens with zero attached hydrogens (tertiary/aromatic N) is 3. The molecule has 1 aromatic rings. The van der Waals surface area contributed by atoms with Crippen LogP contribution in [0.25, 0.3) is 0 Å². The van der Waals surface area contributed by atoms with Crippen LogP contribution in [0.5, 0.6) is 0 Å². The molecule has 2 amide bonds. The lowest BCUT2D eigenvalue weighted by Gasteiger charge is -2.33. The number of rotatable bonds is 6. The molecule has 0 radical (unpaired) electrons. The number of hydrogen-bond donors (Lipinski definition) is 1. The van der Waals surface area contributed by atoms with Crippen molar-refractivity contribution >= 4 is 21.8 Å². The Morgan fingerprint density at radius 2 is 1.85 bits per heavy atom. The minimum atomic E-state index is -3.80. The van der Waals surface area contributed by atoms with Crippen LogP contribution in [0.2, 0.25) is 0 Å². The van der Waals surface area contributed by atoms with Crippen LogP contribution in [-0.2, 0) is 19.6 Å². The number of sulfonamides is 1. The number of carbonyl (C=O) groups excluding carboxylic acids is 2. The Morgan fingerprint density at radius 1 is 1.26 bits per heavy atom. The maximum absolute atomic E-state index is 12.6. The average Bonchev–Trinajstić information content (AvgIpc) is 2.66. The Kier molecular flexibility index (Phi) is 6.93. The van der Waals surface area contributed by atoms with Gasteiger partial charge in [0.05, 0.1) is 23.1 Å². The Hall–Kier alpha value is -2.44. The molecule has 1 heterocycles. The molecule has 1 aliphatic rings. The summed E-state index contributed by atoms with van der Waals surface area (Å²) in [5.74, 6) is 0.0221. The number of nitrogens with one attached hydrogen (secondary N) is 1. The lowest BCUT2D eigenvalue weighted by atomic mass is 9.97. The van der Waals surface area contributed by atoms with Crippen LogP contribution in [0, 0.1) is 17.2 Å². The van der Waals surface area contributed by atoms with Gasteiger partial charge in [-0.05, 0) is 43.0 Å². The number of likely N-dealkylation sites (N-methyl/N-ethyl adjacent to an activating group) is 1. The van der Waals surface area contributed by atoms with Gasteiger partial charge in [-0.2, -0.15) is 9.57 Å². The second-order valence-corrected chi connectivity index (χ2v) is 8.70. The van der Waals surface area contributed by atoms with Crippen LogP contribution in [0.1, 0.15) is 25.3 Å². The molecule has 0 saturated carbocycles. The molecule has 0 aliphatic carbocycles. The van der Waals surface area contributed by atoms with Gasteiger partial charge in [-0.25, -0.2) is 8.42 Å². The number of carbonyl (C=O) groups is 2. The molecule has 0 atom stereocenters. The fraction of sp³-hybridized carbons (Fsp3) is 0.500. The summed E-state index contributed by atoms with van der Waals surface area (Å²) in [4.78, 5) is 25.1. The van der Waals surface area contributed by atoms with Crippen LogP contribution in [0.4, 0.5) is 0 Å². The van der Waals surface area contributed by atoms with Crippen LogP contribution < -0.4 is 5.32 Å². The summed E-state index contributed by atoms with van der Waals surface area (Å²) >= 11 is 0. The molecular formula is C18H24N4O4S. The molecule has 0 unspecified atom stereocenters. The second-order valence-electron chi connectivity index (χ2n) is 6.66. The van der Waals surface area contributed by atoms with Gasteiger partial charge in [0.25, 0.3) is 0 Å². The van der Waals surface area contributed by atoms with E-state index in [0.717, 1.165) is 17.1 Å². The zero-order valence-electron chi connectivity index (χ0n) is 15.5. The molecule has 27 heavy (non-hydrogen) atoms. The van der Waals surface area contributed by atoms with E-state index in [-0.39, 0.29) is 23.3 Å². The molecule has 9 heteroatoms. The van der Waals surface area contributed by atoms with Crippen LogP contribution >= 0.6 is 0 Å². The normalized spacial score (nSPS) is 15.4. The summed E-state index contributed by atoms with van der Waals surface area (Å²) in [5.41, 5.74) is 0.370. The minimum absolute atomic E-state index is 0.0471. The molecule has 0 bridgehead atoms. The zero-order valence-corrected chi connectivity index (χ0v) is 16.3. The lowest BCUT2D eigenvalue weighted by Crippen LogP contribution is -2.45. The van der Waals surface area contributed by atoms with E-state index in [4.69, 9.17) is 5.26 Å². The van der Waals surface area contributed by atoms with E-state index >= 15 is 0 Å². The quantitative estimate of drug-likeness (QED) is 0.760. The zero-order chi connectivity index (χ0) is 20.0. The molecule has 1 N–H and O–H groups in total. The standard InChI is InChI=1S/C18H24N4O4S/c1-14(23)20-12-16-7-9-22(10-8-16)18(24)13-21(2)27(25,26)17-5-3-15(11-19)4-6-17/h3-6,16H,7-10,12-13H2,1-2H3,(H,20,23). The molecule has 1 fully saturated rings. The van der Waals surface area contributed by atoms with E-state index in [1.807, 2.05) is 6.07 Å². The fourth-order valence-electron chi connectivity index (χ4n) is 2.93. The van der Waals surface area contributed by atoms with Crippen molar-refractivity contribution in [2.24, 2.45) is 5.92 Å². The second kappa shape index (κ2) is 8.97. The van der Waals surface area contributed by atoms with Gasteiger partial charge in [0.1, 0.15) is 0 Å². The number of hydrogen-bond acceptors (Lipinski definition) is 5. The van der Waals surface area contributed by atoms with Crippen LogP contribution in [0.15, 0.2) is 29.2 Å². The van der Waals surface area contributed by atoms with Gasteiger partial charge < -0.3 is 10.2 Å². The molecular weight excluding hydrogens is 368 g/mol. The van der Waals surface area contributed by atoms with Gasteiger partial charge in [0, 0.05) is 33.6 Å². The largest absolute Gasteiger partial charge is 0.356 e. The molecule has 2 rings (SSSR count). The lowest BCUT2D eigenvalue weighted by molar-refractivity contribution is -0.132. The first-order valence-electron chi connectivity index (χ1n) is 8.72. The first kappa shape index (κ1) is 20.9. The number of amides is 2. The number of piperidine rings is 1. The van der Waals surface area contributed by atoms with E-state index < -0.39 is 10.0 Å². The van der Waals surface area contributed by atoms with Crippen molar-refractivity contribution < 1.29 is 18.0 Å². The van der Waals surface area contributed by atoms with E-state index in [0.29, 0.717) is 31.1 Å². The smallest absolute Gasteiger partial charge is 0.243 e. The summed E-state index contributed by atoms with van der Waals surface area (Å²) < 4.78 is 26.2. The molecule has 1 aliphatic heterocycles. The monoisotopic (exact) mass is 392 g/mol. The fourth-order valence-corrected chi connectivity index (χ4v) is 4.05. The average molecular weight is 392 g/mol. The topological polar surface area (TPSA) is 111 Å². The Balaban J connectivity index is 1.91. The Labute approximate surface area is 159 Å². The number of nitriles is 1. The first-order valence-corrected chi connectivity index (χ1v) is 10.2. The molecule has 146 valence electrons.